The molecule has 0 aliphatic carbocycles. The van der Waals surface area contributed by atoms with Gasteiger partial charge in [0.2, 0.25) is 0 Å². The maximum atomic E-state index is 5.38. The molecule has 0 saturated carbocycles. The lowest BCUT2D eigenvalue weighted by Gasteiger charge is -1.94. The van der Waals surface area contributed by atoms with Crippen LogP contribution in [0.4, 0.5) is 0 Å². The highest BCUT2D eigenvalue weighted by molar-refractivity contribution is 7.98. The molecule has 2 N–H and O–H groups in total. The first-order chi connectivity index (χ1) is 5.33. The van der Waals surface area contributed by atoms with Gasteiger partial charge in [-0.25, -0.2) is 0 Å². The Hall–Kier alpha value is 0.01000. The molecule has 0 bridgehead atoms. The fourth-order valence-corrected chi connectivity index (χ4v) is 2.60. The van der Waals surface area contributed by atoms with E-state index in [4.69, 9.17) is 5.73 Å². The average molecular weight is 187 g/mol. The smallest absolute Gasteiger partial charge is 0.0279 e. The molecule has 0 atom stereocenters. The normalized spacial score (nSPS) is 10.4. The zero-order chi connectivity index (χ0) is 8.10. The predicted octanol–water partition coefficient (Wildman–Crippen LogP) is 2.25. The summed E-state index contributed by atoms with van der Waals surface area (Å²) in [7, 11) is 0. The van der Waals surface area contributed by atoms with E-state index in [9.17, 15) is 0 Å². The van der Waals surface area contributed by atoms with Crippen LogP contribution in [0.2, 0.25) is 0 Å². The molecule has 0 aromatic carbocycles. The molecule has 0 aliphatic heterocycles. The van der Waals surface area contributed by atoms with Crippen molar-refractivity contribution < 1.29 is 0 Å². The summed E-state index contributed by atoms with van der Waals surface area (Å²) >= 11 is 3.78. The second-order valence-corrected chi connectivity index (χ2v) is 4.83. The molecule has 0 saturated heterocycles. The SMILES string of the molecule is Cc1ccc(CSCCN)s1. The Morgan fingerprint density at radius 2 is 2.36 bits per heavy atom. The van der Waals surface area contributed by atoms with E-state index in [-0.39, 0.29) is 0 Å². The molecule has 1 rings (SSSR count). The van der Waals surface area contributed by atoms with Gasteiger partial charge in [-0.3, -0.25) is 0 Å². The third-order valence-electron chi connectivity index (χ3n) is 1.30. The van der Waals surface area contributed by atoms with Crippen LogP contribution in [-0.4, -0.2) is 12.3 Å². The molecule has 1 nitrogen and oxygen atoms in total. The average Bonchev–Trinajstić information content (AvgIpc) is 2.37. The molecule has 1 heterocycles. The van der Waals surface area contributed by atoms with E-state index < -0.39 is 0 Å². The molecule has 0 aliphatic rings. The Kier molecular flexibility index (Phi) is 3.97. The van der Waals surface area contributed by atoms with Crippen molar-refractivity contribution in [1.82, 2.24) is 0 Å². The van der Waals surface area contributed by atoms with E-state index in [0.29, 0.717) is 0 Å². The van der Waals surface area contributed by atoms with Gasteiger partial charge in [-0.15, -0.1) is 11.3 Å². The lowest BCUT2D eigenvalue weighted by Crippen LogP contribution is -2.00. The van der Waals surface area contributed by atoms with E-state index in [0.717, 1.165) is 18.1 Å². The van der Waals surface area contributed by atoms with Crippen LogP contribution in [0.25, 0.3) is 0 Å². The highest BCUT2D eigenvalue weighted by atomic mass is 32.2. The highest BCUT2D eigenvalue weighted by Crippen LogP contribution is 2.20. The Balaban J connectivity index is 2.27. The third-order valence-corrected chi connectivity index (χ3v) is 3.53. The lowest BCUT2D eigenvalue weighted by atomic mass is 10.5. The quantitative estimate of drug-likeness (QED) is 0.732. The first kappa shape index (κ1) is 9.10. The van der Waals surface area contributed by atoms with E-state index in [2.05, 4.69) is 19.1 Å². The number of thioether (sulfide) groups is 1. The van der Waals surface area contributed by atoms with Gasteiger partial charge in [0, 0.05) is 27.8 Å². The number of hydrogen-bond acceptors (Lipinski definition) is 3. The monoisotopic (exact) mass is 187 g/mol. The van der Waals surface area contributed by atoms with E-state index in [1.807, 2.05) is 23.1 Å². The first-order valence-electron chi connectivity index (χ1n) is 3.66. The molecule has 0 unspecified atom stereocenters. The summed E-state index contributed by atoms with van der Waals surface area (Å²) in [5.74, 6) is 2.19. The summed E-state index contributed by atoms with van der Waals surface area (Å²) in [4.78, 5) is 2.86. The highest BCUT2D eigenvalue weighted by Gasteiger charge is 1.95. The van der Waals surface area contributed by atoms with Crippen molar-refractivity contribution >= 4 is 23.1 Å². The summed E-state index contributed by atoms with van der Waals surface area (Å²) in [6.07, 6.45) is 0. The van der Waals surface area contributed by atoms with Crippen molar-refractivity contribution in [2.24, 2.45) is 5.73 Å². The molecule has 0 radical (unpaired) electrons. The van der Waals surface area contributed by atoms with Gasteiger partial charge in [0.05, 0.1) is 0 Å². The fourth-order valence-electron chi connectivity index (χ4n) is 0.819. The van der Waals surface area contributed by atoms with Crippen molar-refractivity contribution in [1.29, 1.82) is 0 Å². The van der Waals surface area contributed by atoms with Crippen LogP contribution >= 0.6 is 23.1 Å². The topological polar surface area (TPSA) is 26.0 Å². The molecule has 3 heteroatoms. The second-order valence-electron chi connectivity index (χ2n) is 2.35. The molecule has 62 valence electrons. The second kappa shape index (κ2) is 4.80. The summed E-state index contributed by atoms with van der Waals surface area (Å²) in [6.45, 7) is 2.93. The lowest BCUT2D eigenvalue weighted by molar-refractivity contribution is 1.15. The fraction of sp³-hybridized carbons (Fsp3) is 0.500. The van der Waals surface area contributed by atoms with Gasteiger partial charge in [-0.05, 0) is 19.1 Å². The van der Waals surface area contributed by atoms with Crippen molar-refractivity contribution in [3.8, 4) is 0 Å². The Labute approximate surface area is 76.0 Å². The van der Waals surface area contributed by atoms with E-state index in [1.165, 1.54) is 9.75 Å². The first-order valence-corrected chi connectivity index (χ1v) is 5.63. The molecule has 0 fully saturated rings. The summed E-state index contributed by atoms with van der Waals surface area (Å²) < 4.78 is 0. The van der Waals surface area contributed by atoms with Crippen LogP contribution in [0.5, 0.6) is 0 Å². The number of nitrogens with two attached hydrogens (primary N) is 1. The van der Waals surface area contributed by atoms with Gasteiger partial charge in [-0.2, -0.15) is 11.8 Å². The van der Waals surface area contributed by atoms with Crippen molar-refractivity contribution in [2.45, 2.75) is 12.7 Å². The van der Waals surface area contributed by atoms with Gasteiger partial charge in [0.25, 0.3) is 0 Å². The zero-order valence-corrected chi connectivity index (χ0v) is 8.30. The van der Waals surface area contributed by atoms with Crippen molar-refractivity contribution in [3.63, 3.8) is 0 Å². The molecular formula is C8H13NS2. The molecular weight excluding hydrogens is 174 g/mol. The maximum absolute atomic E-state index is 5.38. The van der Waals surface area contributed by atoms with Crippen LogP contribution in [0.15, 0.2) is 12.1 Å². The molecule has 0 amide bonds. The maximum Gasteiger partial charge on any atom is 0.0279 e. The minimum atomic E-state index is 0.787. The van der Waals surface area contributed by atoms with E-state index in [1.54, 1.807) is 0 Å². The van der Waals surface area contributed by atoms with Gasteiger partial charge in [0.1, 0.15) is 0 Å². The minimum absolute atomic E-state index is 0.787. The summed E-state index contributed by atoms with van der Waals surface area (Å²) in [5.41, 5.74) is 5.38. The third kappa shape index (κ3) is 3.27. The molecule has 1 aromatic heterocycles. The van der Waals surface area contributed by atoms with Gasteiger partial charge >= 0.3 is 0 Å². The standard InChI is InChI=1S/C8H13NS2/c1-7-2-3-8(11-7)6-10-5-4-9/h2-3H,4-6,9H2,1H3. The van der Waals surface area contributed by atoms with Crippen LogP contribution in [0, 0.1) is 6.92 Å². The van der Waals surface area contributed by atoms with Crippen molar-refractivity contribution in [3.05, 3.63) is 21.9 Å². The zero-order valence-electron chi connectivity index (χ0n) is 6.67. The summed E-state index contributed by atoms with van der Waals surface area (Å²) in [5, 5.41) is 0. The van der Waals surface area contributed by atoms with E-state index >= 15 is 0 Å². The number of hydrogen-bond donors (Lipinski definition) is 1. The Morgan fingerprint density at radius 1 is 1.55 bits per heavy atom. The van der Waals surface area contributed by atoms with Gasteiger partial charge < -0.3 is 5.73 Å². The predicted molar refractivity (Wildman–Crippen MR) is 54.3 cm³/mol. The Morgan fingerprint density at radius 3 is 2.91 bits per heavy atom. The van der Waals surface area contributed by atoms with Crippen LogP contribution in [0.1, 0.15) is 9.75 Å². The van der Waals surface area contributed by atoms with Gasteiger partial charge in [-0.1, -0.05) is 0 Å². The number of rotatable bonds is 4. The summed E-state index contributed by atoms with van der Waals surface area (Å²) in [6, 6.07) is 4.37. The number of thiophene rings is 1. The molecule has 1 aromatic rings. The van der Waals surface area contributed by atoms with Crippen LogP contribution in [0.3, 0.4) is 0 Å². The van der Waals surface area contributed by atoms with Crippen LogP contribution in [-0.2, 0) is 5.75 Å². The van der Waals surface area contributed by atoms with Crippen molar-refractivity contribution in [2.75, 3.05) is 12.3 Å². The number of aryl methyl sites for hydroxylation is 1. The molecule has 11 heavy (non-hydrogen) atoms. The van der Waals surface area contributed by atoms with Crippen LogP contribution < -0.4 is 5.73 Å². The minimum Gasteiger partial charge on any atom is -0.330 e. The Bertz CT molecular complexity index is 208. The largest absolute Gasteiger partial charge is 0.330 e. The van der Waals surface area contributed by atoms with Gasteiger partial charge in [0.15, 0.2) is 0 Å². The molecule has 0 spiro atoms.